The van der Waals surface area contributed by atoms with Crippen molar-refractivity contribution in [1.82, 2.24) is 10.3 Å². The van der Waals surface area contributed by atoms with Gasteiger partial charge in [-0.15, -0.1) is 0 Å². The SMILES string of the molecule is O=C1CCC(C(=O)N2CCCC2C2CCCCC2)=NN1. The monoisotopic (exact) mass is 277 g/mol. The first-order chi connectivity index (χ1) is 9.75. The lowest BCUT2D eigenvalue weighted by atomic mass is 9.83. The number of carbonyl (C=O) groups is 2. The Bertz CT molecular complexity index is 427. The van der Waals surface area contributed by atoms with Crippen LogP contribution in [0.15, 0.2) is 5.10 Å². The Morgan fingerprint density at radius 3 is 2.60 bits per heavy atom. The summed E-state index contributed by atoms with van der Waals surface area (Å²) in [5.41, 5.74) is 2.97. The lowest BCUT2D eigenvalue weighted by Crippen LogP contribution is -2.45. The van der Waals surface area contributed by atoms with Crippen LogP contribution in [0.4, 0.5) is 0 Å². The van der Waals surface area contributed by atoms with Crippen LogP contribution in [-0.2, 0) is 9.59 Å². The molecule has 2 amide bonds. The predicted octanol–water partition coefficient (Wildman–Crippen LogP) is 1.82. The highest BCUT2D eigenvalue weighted by Gasteiger charge is 2.37. The Hall–Kier alpha value is -1.39. The number of hydrogen-bond acceptors (Lipinski definition) is 3. The number of nitrogens with zero attached hydrogens (tertiary/aromatic N) is 2. The summed E-state index contributed by atoms with van der Waals surface area (Å²) in [6.45, 7) is 0.854. The predicted molar refractivity (Wildman–Crippen MR) is 76.1 cm³/mol. The third kappa shape index (κ3) is 2.72. The van der Waals surface area contributed by atoms with E-state index < -0.39 is 0 Å². The molecule has 0 radical (unpaired) electrons. The van der Waals surface area contributed by atoms with Gasteiger partial charge in [-0.25, -0.2) is 5.43 Å². The minimum absolute atomic E-state index is 0.0538. The number of rotatable bonds is 2. The second-order valence-corrected chi connectivity index (χ2v) is 6.20. The van der Waals surface area contributed by atoms with Crippen LogP contribution in [0.2, 0.25) is 0 Å². The largest absolute Gasteiger partial charge is 0.334 e. The molecule has 0 aromatic heterocycles. The Labute approximate surface area is 119 Å². The Morgan fingerprint density at radius 1 is 1.10 bits per heavy atom. The topological polar surface area (TPSA) is 61.8 Å². The van der Waals surface area contributed by atoms with Crippen molar-refractivity contribution < 1.29 is 9.59 Å². The molecule has 5 heteroatoms. The number of likely N-dealkylation sites (tertiary alicyclic amines) is 1. The summed E-state index contributed by atoms with van der Waals surface area (Å²) < 4.78 is 0. The van der Waals surface area contributed by atoms with Gasteiger partial charge in [0.2, 0.25) is 5.91 Å². The third-order valence-corrected chi connectivity index (χ3v) is 4.91. The number of carbonyl (C=O) groups excluding carboxylic acids is 2. The smallest absolute Gasteiger partial charge is 0.270 e. The molecule has 110 valence electrons. The van der Waals surface area contributed by atoms with Gasteiger partial charge in [0.05, 0.1) is 0 Å². The molecule has 2 fully saturated rings. The van der Waals surface area contributed by atoms with Gasteiger partial charge in [-0.05, 0) is 31.6 Å². The van der Waals surface area contributed by atoms with Crippen LogP contribution < -0.4 is 5.43 Å². The molecule has 1 saturated carbocycles. The average Bonchev–Trinajstić information content (AvgIpc) is 2.97. The lowest BCUT2D eigenvalue weighted by molar-refractivity contribution is -0.126. The van der Waals surface area contributed by atoms with E-state index in [1.807, 2.05) is 4.90 Å². The van der Waals surface area contributed by atoms with Gasteiger partial charge in [-0.2, -0.15) is 5.10 Å². The van der Waals surface area contributed by atoms with Gasteiger partial charge in [-0.1, -0.05) is 19.3 Å². The van der Waals surface area contributed by atoms with Crippen LogP contribution in [0, 0.1) is 5.92 Å². The van der Waals surface area contributed by atoms with Crippen LogP contribution in [0.5, 0.6) is 0 Å². The summed E-state index contributed by atoms with van der Waals surface area (Å²) in [7, 11) is 0. The highest BCUT2D eigenvalue weighted by Crippen LogP contribution is 2.34. The van der Waals surface area contributed by atoms with E-state index in [1.165, 1.54) is 32.1 Å². The van der Waals surface area contributed by atoms with Crippen molar-refractivity contribution in [1.29, 1.82) is 0 Å². The molecule has 1 N–H and O–H groups in total. The molecule has 2 heterocycles. The van der Waals surface area contributed by atoms with E-state index in [2.05, 4.69) is 10.5 Å². The van der Waals surface area contributed by atoms with E-state index >= 15 is 0 Å². The maximum Gasteiger partial charge on any atom is 0.270 e. The molecule has 1 saturated heterocycles. The maximum atomic E-state index is 12.6. The number of hydrazone groups is 1. The zero-order chi connectivity index (χ0) is 13.9. The van der Waals surface area contributed by atoms with Crippen molar-refractivity contribution in [3.05, 3.63) is 0 Å². The number of hydrogen-bond donors (Lipinski definition) is 1. The number of nitrogens with one attached hydrogen (secondary N) is 1. The normalized spacial score (nSPS) is 28.2. The molecule has 0 aromatic rings. The Kier molecular flexibility index (Phi) is 4.03. The minimum atomic E-state index is -0.0909. The van der Waals surface area contributed by atoms with Crippen LogP contribution >= 0.6 is 0 Å². The average molecular weight is 277 g/mol. The summed E-state index contributed by atoms with van der Waals surface area (Å²) in [5.74, 6) is 0.638. The van der Waals surface area contributed by atoms with Gasteiger partial charge in [-0.3, -0.25) is 9.59 Å². The van der Waals surface area contributed by atoms with Gasteiger partial charge in [0, 0.05) is 25.4 Å². The molecule has 5 nitrogen and oxygen atoms in total. The van der Waals surface area contributed by atoms with E-state index in [0.29, 0.717) is 30.5 Å². The van der Waals surface area contributed by atoms with Crippen molar-refractivity contribution in [3.8, 4) is 0 Å². The Morgan fingerprint density at radius 2 is 1.90 bits per heavy atom. The van der Waals surface area contributed by atoms with Gasteiger partial charge in [0.15, 0.2) is 0 Å². The molecular formula is C15H23N3O2. The highest BCUT2D eigenvalue weighted by molar-refractivity contribution is 6.39. The zero-order valence-corrected chi connectivity index (χ0v) is 11.9. The van der Waals surface area contributed by atoms with E-state index in [1.54, 1.807) is 0 Å². The second-order valence-electron chi connectivity index (χ2n) is 6.20. The summed E-state index contributed by atoms with van der Waals surface area (Å²) in [6.07, 6.45) is 9.58. The molecule has 20 heavy (non-hydrogen) atoms. The molecule has 1 atom stereocenters. The first kappa shape index (κ1) is 13.6. The lowest BCUT2D eigenvalue weighted by Gasteiger charge is -2.34. The van der Waals surface area contributed by atoms with Gasteiger partial charge in [0.25, 0.3) is 5.91 Å². The van der Waals surface area contributed by atoms with Crippen molar-refractivity contribution in [2.45, 2.75) is 63.8 Å². The molecule has 1 aliphatic carbocycles. The first-order valence-electron chi connectivity index (χ1n) is 7.92. The third-order valence-electron chi connectivity index (χ3n) is 4.91. The molecule has 1 unspecified atom stereocenters. The molecule has 2 aliphatic heterocycles. The van der Waals surface area contributed by atoms with Crippen LogP contribution in [0.3, 0.4) is 0 Å². The standard InChI is InChI=1S/C15H23N3O2/c19-14-9-8-12(16-17-14)15(20)18-10-4-7-13(18)11-5-2-1-3-6-11/h11,13H,1-10H2,(H,17,19). The molecule has 0 aromatic carbocycles. The quantitative estimate of drug-likeness (QED) is 0.837. The highest BCUT2D eigenvalue weighted by atomic mass is 16.2. The summed E-state index contributed by atoms with van der Waals surface area (Å²) in [5, 5.41) is 3.96. The van der Waals surface area contributed by atoms with Crippen LogP contribution in [-0.4, -0.2) is 35.0 Å². The van der Waals surface area contributed by atoms with Crippen molar-refractivity contribution in [3.63, 3.8) is 0 Å². The maximum absolute atomic E-state index is 12.6. The number of amides is 2. The summed E-state index contributed by atoms with van der Waals surface area (Å²) in [6, 6.07) is 0.406. The van der Waals surface area contributed by atoms with E-state index in [9.17, 15) is 9.59 Å². The van der Waals surface area contributed by atoms with Crippen molar-refractivity contribution in [2.75, 3.05) is 6.54 Å². The first-order valence-corrected chi connectivity index (χ1v) is 7.92. The summed E-state index contributed by atoms with van der Waals surface area (Å²) >= 11 is 0. The van der Waals surface area contributed by atoms with Gasteiger partial charge < -0.3 is 4.90 Å². The van der Waals surface area contributed by atoms with Crippen molar-refractivity contribution >= 4 is 17.5 Å². The van der Waals surface area contributed by atoms with E-state index in [-0.39, 0.29) is 11.8 Å². The van der Waals surface area contributed by atoms with Crippen LogP contribution in [0.25, 0.3) is 0 Å². The second kappa shape index (κ2) is 5.94. The van der Waals surface area contributed by atoms with E-state index in [0.717, 1.165) is 19.4 Å². The Balaban J connectivity index is 1.68. The fraction of sp³-hybridized carbons (Fsp3) is 0.800. The molecule has 3 aliphatic rings. The minimum Gasteiger partial charge on any atom is -0.334 e. The fourth-order valence-electron chi connectivity index (χ4n) is 3.85. The van der Waals surface area contributed by atoms with Gasteiger partial charge >= 0.3 is 0 Å². The van der Waals surface area contributed by atoms with Crippen molar-refractivity contribution in [2.24, 2.45) is 11.0 Å². The van der Waals surface area contributed by atoms with Crippen LogP contribution in [0.1, 0.15) is 57.8 Å². The van der Waals surface area contributed by atoms with Gasteiger partial charge in [0.1, 0.15) is 5.71 Å². The molecular weight excluding hydrogens is 254 g/mol. The summed E-state index contributed by atoms with van der Waals surface area (Å²) in [4.78, 5) is 25.8. The molecule has 3 rings (SSSR count). The zero-order valence-electron chi connectivity index (χ0n) is 11.9. The molecule has 0 bridgehead atoms. The molecule has 0 spiro atoms. The fourth-order valence-corrected chi connectivity index (χ4v) is 3.85. The van der Waals surface area contributed by atoms with E-state index in [4.69, 9.17) is 0 Å².